The third kappa shape index (κ3) is 3.69. The normalized spacial score (nSPS) is 11.3. The second-order valence-corrected chi connectivity index (χ2v) is 6.65. The molecule has 0 aliphatic rings. The van der Waals surface area contributed by atoms with Crippen molar-refractivity contribution in [2.75, 3.05) is 12.0 Å². The van der Waals surface area contributed by atoms with E-state index in [2.05, 4.69) is 9.97 Å². The van der Waals surface area contributed by atoms with Gasteiger partial charge in [0.25, 0.3) is 0 Å². The SMILES string of the molecule is CCCc1c(N)ncnc1Oc1ccc(S(C)(=O)=O)cc1. The first-order valence-electron chi connectivity index (χ1n) is 6.49. The zero-order chi connectivity index (χ0) is 15.5. The van der Waals surface area contributed by atoms with Gasteiger partial charge in [-0.2, -0.15) is 0 Å². The molecule has 0 fully saturated rings. The molecule has 112 valence electrons. The van der Waals surface area contributed by atoms with Crippen molar-refractivity contribution >= 4 is 15.7 Å². The summed E-state index contributed by atoms with van der Waals surface area (Å²) in [6.45, 7) is 2.02. The topological polar surface area (TPSA) is 95.2 Å². The highest BCUT2D eigenvalue weighted by Crippen LogP contribution is 2.27. The fraction of sp³-hybridized carbons (Fsp3) is 0.286. The molecule has 2 aromatic rings. The standard InChI is InChI=1S/C14H17N3O3S/c1-3-4-12-13(15)16-9-17-14(12)20-10-5-7-11(8-6-10)21(2,18)19/h5-9H,3-4H2,1-2H3,(H2,15,16,17). The smallest absolute Gasteiger partial charge is 0.227 e. The zero-order valence-electron chi connectivity index (χ0n) is 11.9. The number of ether oxygens (including phenoxy) is 1. The summed E-state index contributed by atoms with van der Waals surface area (Å²) >= 11 is 0. The first-order chi connectivity index (χ1) is 9.91. The summed E-state index contributed by atoms with van der Waals surface area (Å²) < 4.78 is 28.5. The van der Waals surface area contributed by atoms with E-state index in [-0.39, 0.29) is 4.90 Å². The summed E-state index contributed by atoms with van der Waals surface area (Å²) in [5, 5.41) is 0. The lowest BCUT2D eigenvalue weighted by Crippen LogP contribution is -2.03. The van der Waals surface area contributed by atoms with Gasteiger partial charge in [0.15, 0.2) is 9.84 Å². The molecule has 0 saturated carbocycles. The summed E-state index contributed by atoms with van der Waals surface area (Å²) in [7, 11) is -3.22. The maximum atomic E-state index is 11.4. The average Bonchev–Trinajstić information content (AvgIpc) is 2.42. The van der Waals surface area contributed by atoms with Crippen molar-refractivity contribution in [1.29, 1.82) is 0 Å². The summed E-state index contributed by atoms with van der Waals surface area (Å²) in [4.78, 5) is 8.29. The minimum absolute atomic E-state index is 0.242. The zero-order valence-corrected chi connectivity index (χ0v) is 12.7. The number of nitrogens with two attached hydrogens (primary N) is 1. The quantitative estimate of drug-likeness (QED) is 0.910. The Morgan fingerprint density at radius 3 is 2.43 bits per heavy atom. The summed E-state index contributed by atoms with van der Waals surface area (Å²) in [5.41, 5.74) is 6.59. The Bertz CT molecular complexity index is 728. The molecule has 0 radical (unpaired) electrons. The van der Waals surface area contributed by atoms with Crippen LogP contribution in [0.3, 0.4) is 0 Å². The predicted octanol–water partition coefficient (Wildman–Crippen LogP) is 2.21. The molecule has 2 N–H and O–H groups in total. The molecule has 0 amide bonds. The van der Waals surface area contributed by atoms with Crippen LogP contribution < -0.4 is 10.5 Å². The first kappa shape index (κ1) is 15.2. The Labute approximate surface area is 123 Å². The Balaban J connectivity index is 2.28. The highest BCUT2D eigenvalue weighted by atomic mass is 32.2. The van der Waals surface area contributed by atoms with Crippen LogP contribution in [0.2, 0.25) is 0 Å². The highest BCUT2D eigenvalue weighted by Gasteiger charge is 2.12. The number of hydrogen-bond donors (Lipinski definition) is 1. The number of rotatable bonds is 5. The largest absolute Gasteiger partial charge is 0.439 e. The summed E-state index contributed by atoms with van der Waals surface area (Å²) in [6.07, 6.45) is 4.10. The molecule has 1 aromatic heterocycles. The van der Waals surface area contributed by atoms with Gasteiger partial charge in [0.05, 0.1) is 10.5 Å². The molecule has 7 heteroatoms. The van der Waals surface area contributed by atoms with Gasteiger partial charge < -0.3 is 10.5 Å². The average molecular weight is 307 g/mol. The van der Waals surface area contributed by atoms with Crippen LogP contribution in [0.4, 0.5) is 5.82 Å². The van der Waals surface area contributed by atoms with E-state index in [1.54, 1.807) is 12.1 Å². The number of sulfone groups is 1. The van der Waals surface area contributed by atoms with Crippen LogP contribution in [0.1, 0.15) is 18.9 Å². The molecule has 6 nitrogen and oxygen atoms in total. The van der Waals surface area contributed by atoms with Gasteiger partial charge in [0, 0.05) is 6.26 Å². The molecule has 1 aromatic carbocycles. The van der Waals surface area contributed by atoms with E-state index in [0.29, 0.717) is 23.9 Å². The Morgan fingerprint density at radius 2 is 1.86 bits per heavy atom. The number of anilines is 1. The van der Waals surface area contributed by atoms with Gasteiger partial charge in [-0.05, 0) is 30.7 Å². The molecule has 2 rings (SSSR count). The fourth-order valence-electron chi connectivity index (χ4n) is 1.85. The molecule has 0 spiro atoms. The number of aromatic nitrogens is 2. The molecule has 0 bridgehead atoms. The predicted molar refractivity (Wildman–Crippen MR) is 80.1 cm³/mol. The lowest BCUT2D eigenvalue weighted by atomic mass is 10.2. The van der Waals surface area contributed by atoms with E-state index in [1.807, 2.05) is 6.92 Å². The molecule has 0 unspecified atom stereocenters. The van der Waals surface area contributed by atoms with E-state index < -0.39 is 9.84 Å². The molecular weight excluding hydrogens is 290 g/mol. The fourth-order valence-corrected chi connectivity index (χ4v) is 2.48. The van der Waals surface area contributed by atoms with E-state index in [1.165, 1.54) is 18.5 Å². The van der Waals surface area contributed by atoms with Crippen molar-refractivity contribution < 1.29 is 13.2 Å². The van der Waals surface area contributed by atoms with E-state index >= 15 is 0 Å². The highest BCUT2D eigenvalue weighted by molar-refractivity contribution is 7.90. The maximum Gasteiger partial charge on any atom is 0.227 e. The number of nitrogens with zero attached hydrogens (tertiary/aromatic N) is 2. The molecule has 0 aliphatic heterocycles. The van der Waals surface area contributed by atoms with Gasteiger partial charge in [0.2, 0.25) is 5.88 Å². The Morgan fingerprint density at radius 1 is 1.19 bits per heavy atom. The maximum absolute atomic E-state index is 11.4. The second-order valence-electron chi connectivity index (χ2n) is 4.64. The molecule has 1 heterocycles. The van der Waals surface area contributed by atoms with Crippen LogP contribution in [-0.4, -0.2) is 24.6 Å². The second kappa shape index (κ2) is 6.09. The molecule has 0 aliphatic carbocycles. The van der Waals surface area contributed by atoms with E-state index in [9.17, 15) is 8.42 Å². The Hall–Kier alpha value is -2.15. The van der Waals surface area contributed by atoms with Crippen molar-refractivity contribution in [3.8, 4) is 11.6 Å². The lowest BCUT2D eigenvalue weighted by Gasteiger charge is -2.11. The van der Waals surface area contributed by atoms with Crippen LogP contribution in [-0.2, 0) is 16.3 Å². The van der Waals surface area contributed by atoms with Gasteiger partial charge in [-0.25, -0.2) is 18.4 Å². The summed E-state index contributed by atoms with van der Waals surface area (Å²) in [6, 6.07) is 6.16. The number of nitrogen functional groups attached to an aromatic ring is 1. The Kier molecular flexibility index (Phi) is 4.42. The van der Waals surface area contributed by atoms with Gasteiger partial charge >= 0.3 is 0 Å². The van der Waals surface area contributed by atoms with Crippen molar-refractivity contribution in [3.63, 3.8) is 0 Å². The van der Waals surface area contributed by atoms with Crippen LogP contribution in [0.25, 0.3) is 0 Å². The van der Waals surface area contributed by atoms with Crippen molar-refractivity contribution in [2.24, 2.45) is 0 Å². The van der Waals surface area contributed by atoms with Crippen LogP contribution in [0.5, 0.6) is 11.6 Å². The molecule has 0 atom stereocenters. The third-order valence-electron chi connectivity index (χ3n) is 2.91. The molecule has 21 heavy (non-hydrogen) atoms. The van der Waals surface area contributed by atoms with Crippen LogP contribution in [0, 0.1) is 0 Å². The van der Waals surface area contributed by atoms with E-state index in [4.69, 9.17) is 10.5 Å². The minimum Gasteiger partial charge on any atom is -0.439 e. The first-order valence-corrected chi connectivity index (χ1v) is 8.38. The van der Waals surface area contributed by atoms with Gasteiger partial charge in [-0.15, -0.1) is 0 Å². The number of benzene rings is 1. The van der Waals surface area contributed by atoms with Crippen molar-refractivity contribution in [1.82, 2.24) is 9.97 Å². The van der Waals surface area contributed by atoms with Crippen molar-refractivity contribution in [2.45, 2.75) is 24.7 Å². The molecular formula is C14H17N3O3S. The third-order valence-corrected chi connectivity index (χ3v) is 4.03. The summed E-state index contributed by atoms with van der Waals surface area (Å²) in [5.74, 6) is 1.30. The minimum atomic E-state index is -3.22. The van der Waals surface area contributed by atoms with Crippen molar-refractivity contribution in [3.05, 3.63) is 36.2 Å². The monoisotopic (exact) mass is 307 g/mol. The van der Waals surface area contributed by atoms with Gasteiger partial charge in [-0.1, -0.05) is 13.3 Å². The number of hydrogen-bond acceptors (Lipinski definition) is 6. The van der Waals surface area contributed by atoms with Crippen LogP contribution in [0.15, 0.2) is 35.5 Å². The van der Waals surface area contributed by atoms with E-state index in [0.717, 1.165) is 18.2 Å². The van der Waals surface area contributed by atoms with Gasteiger partial charge in [0.1, 0.15) is 17.9 Å². The molecule has 0 saturated heterocycles. The van der Waals surface area contributed by atoms with Gasteiger partial charge in [-0.3, -0.25) is 0 Å². The lowest BCUT2D eigenvalue weighted by molar-refractivity contribution is 0.454. The van der Waals surface area contributed by atoms with Crippen LogP contribution >= 0.6 is 0 Å².